The standard InChI is InChI=1S/C16H8F4N2O3S/c17-10-4-8(3-9(6-10)16(18,19)20)13(23)22-15-21-11-2-1-7(14(24)25)5-12(11)26-15/h1-6H,(H,24,25)(H,21,22,23). The van der Waals surface area contributed by atoms with Crippen LogP contribution in [-0.2, 0) is 6.18 Å². The zero-order valence-electron chi connectivity index (χ0n) is 12.6. The molecular weight excluding hydrogens is 376 g/mol. The van der Waals surface area contributed by atoms with Crippen LogP contribution in [-0.4, -0.2) is 22.0 Å². The Hall–Kier alpha value is -3.01. The second kappa shape index (κ2) is 6.37. The van der Waals surface area contributed by atoms with Crippen LogP contribution in [0, 0.1) is 5.82 Å². The van der Waals surface area contributed by atoms with E-state index in [1.54, 1.807) is 0 Å². The van der Waals surface area contributed by atoms with E-state index in [-0.39, 0.29) is 10.7 Å². The van der Waals surface area contributed by atoms with Crippen LogP contribution in [0.15, 0.2) is 36.4 Å². The molecule has 0 aliphatic heterocycles. The molecular formula is C16H8F4N2O3S. The third-order valence-electron chi connectivity index (χ3n) is 3.34. The van der Waals surface area contributed by atoms with Gasteiger partial charge in [-0.25, -0.2) is 14.2 Å². The Balaban J connectivity index is 1.89. The number of amides is 1. The topological polar surface area (TPSA) is 79.3 Å². The van der Waals surface area contributed by atoms with Crippen LogP contribution in [0.5, 0.6) is 0 Å². The molecule has 0 aliphatic carbocycles. The number of anilines is 1. The normalized spacial score (nSPS) is 11.5. The zero-order valence-corrected chi connectivity index (χ0v) is 13.4. The van der Waals surface area contributed by atoms with Gasteiger partial charge in [0.2, 0.25) is 0 Å². The van der Waals surface area contributed by atoms with Crippen molar-refractivity contribution in [3.05, 3.63) is 58.9 Å². The molecule has 3 rings (SSSR count). The molecule has 0 radical (unpaired) electrons. The van der Waals surface area contributed by atoms with E-state index < -0.39 is 35.0 Å². The van der Waals surface area contributed by atoms with Gasteiger partial charge in [0.05, 0.1) is 21.3 Å². The van der Waals surface area contributed by atoms with Crippen molar-refractivity contribution in [3.63, 3.8) is 0 Å². The summed E-state index contributed by atoms with van der Waals surface area (Å²) in [6, 6.07) is 5.64. The summed E-state index contributed by atoms with van der Waals surface area (Å²) in [6.45, 7) is 0. The predicted octanol–water partition coefficient (Wildman–Crippen LogP) is 4.40. The van der Waals surface area contributed by atoms with Gasteiger partial charge >= 0.3 is 12.1 Å². The van der Waals surface area contributed by atoms with Gasteiger partial charge in [0, 0.05) is 5.56 Å². The van der Waals surface area contributed by atoms with Crippen molar-refractivity contribution in [2.45, 2.75) is 6.18 Å². The molecule has 26 heavy (non-hydrogen) atoms. The molecule has 0 atom stereocenters. The van der Waals surface area contributed by atoms with Crippen LogP contribution in [0.3, 0.4) is 0 Å². The van der Waals surface area contributed by atoms with Gasteiger partial charge in [-0.1, -0.05) is 11.3 Å². The number of carboxylic acids is 1. The summed E-state index contributed by atoms with van der Waals surface area (Å²) in [4.78, 5) is 27.1. The van der Waals surface area contributed by atoms with Crippen LogP contribution in [0.1, 0.15) is 26.3 Å². The fraction of sp³-hybridized carbons (Fsp3) is 0.0625. The van der Waals surface area contributed by atoms with Crippen LogP contribution >= 0.6 is 11.3 Å². The lowest BCUT2D eigenvalue weighted by Gasteiger charge is -2.09. The monoisotopic (exact) mass is 384 g/mol. The van der Waals surface area contributed by atoms with E-state index >= 15 is 0 Å². The van der Waals surface area contributed by atoms with Crippen molar-refractivity contribution in [3.8, 4) is 0 Å². The number of alkyl halides is 3. The molecule has 3 aromatic rings. The van der Waals surface area contributed by atoms with Crippen molar-refractivity contribution in [2.75, 3.05) is 5.32 Å². The summed E-state index contributed by atoms with van der Waals surface area (Å²) in [7, 11) is 0. The van der Waals surface area contributed by atoms with E-state index in [0.29, 0.717) is 28.4 Å². The molecule has 2 N–H and O–H groups in total. The average Bonchev–Trinajstić information content (AvgIpc) is 2.94. The Bertz CT molecular complexity index is 1030. The van der Waals surface area contributed by atoms with E-state index in [4.69, 9.17) is 5.11 Å². The molecule has 134 valence electrons. The SMILES string of the molecule is O=C(O)c1ccc2nc(NC(=O)c3cc(F)cc(C(F)(F)F)c3)sc2c1. The van der Waals surface area contributed by atoms with E-state index in [0.717, 1.165) is 11.3 Å². The molecule has 1 aromatic heterocycles. The zero-order chi connectivity index (χ0) is 19.1. The second-order valence-corrected chi connectivity index (χ2v) is 6.22. The first-order valence-corrected chi connectivity index (χ1v) is 7.78. The molecule has 10 heteroatoms. The summed E-state index contributed by atoms with van der Waals surface area (Å²) >= 11 is 0.943. The first-order chi connectivity index (χ1) is 12.1. The number of hydrogen-bond acceptors (Lipinski definition) is 4. The summed E-state index contributed by atoms with van der Waals surface area (Å²) in [5, 5.41) is 11.3. The van der Waals surface area contributed by atoms with Crippen LogP contribution < -0.4 is 5.32 Å². The number of carboxylic acid groups (broad SMARTS) is 1. The van der Waals surface area contributed by atoms with Crippen molar-refractivity contribution in [1.82, 2.24) is 4.98 Å². The number of aromatic nitrogens is 1. The van der Waals surface area contributed by atoms with Crippen LogP contribution in [0.4, 0.5) is 22.7 Å². The van der Waals surface area contributed by atoms with Crippen LogP contribution in [0.25, 0.3) is 10.2 Å². The van der Waals surface area contributed by atoms with Gasteiger partial charge in [0.25, 0.3) is 5.91 Å². The van der Waals surface area contributed by atoms with E-state index in [1.165, 1.54) is 18.2 Å². The first kappa shape index (κ1) is 17.8. The number of benzene rings is 2. The molecule has 1 heterocycles. The molecule has 0 saturated carbocycles. The van der Waals surface area contributed by atoms with Gasteiger partial charge in [-0.15, -0.1) is 0 Å². The highest BCUT2D eigenvalue weighted by atomic mass is 32.1. The van der Waals surface area contributed by atoms with Crippen molar-refractivity contribution < 1.29 is 32.3 Å². The number of carbonyl (C=O) groups excluding carboxylic acids is 1. The number of aromatic carboxylic acids is 1. The molecule has 0 unspecified atom stereocenters. The fourth-order valence-electron chi connectivity index (χ4n) is 2.16. The predicted molar refractivity (Wildman–Crippen MR) is 85.9 cm³/mol. The average molecular weight is 384 g/mol. The number of rotatable bonds is 3. The third-order valence-corrected chi connectivity index (χ3v) is 4.28. The molecule has 0 fully saturated rings. The molecule has 0 bridgehead atoms. The van der Waals surface area contributed by atoms with E-state index in [1.807, 2.05) is 0 Å². The third kappa shape index (κ3) is 3.64. The molecule has 0 aliphatic rings. The maximum atomic E-state index is 13.4. The summed E-state index contributed by atoms with van der Waals surface area (Å²) in [5.74, 6) is -3.29. The van der Waals surface area contributed by atoms with Gasteiger partial charge < -0.3 is 5.11 Å². The van der Waals surface area contributed by atoms with Crippen molar-refractivity contribution in [1.29, 1.82) is 0 Å². The maximum Gasteiger partial charge on any atom is 0.416 e. The van der Waals surface area contributed by atoms with E-state index in [2.05, 4.69) is 10.3 Å². The highest BCUT2D eigenvalue weighted by Crippen LogP contribution is 2.31. The lowest BCUT2D eigenvalue weighted by Crippen LogP contribution is -2.14. The van der Waals surface area contributed by atoms with Gasteiger partial charge in [-0.05, 0) is 36.4 Å². The minimum atomic E-state index is -4.79. The fourth-order valence-corrected chi connectivity index (χ4v) is 3.06. The van der Waals surface area contributed by atoms with Gasteiger partial charge in [0.15, 0.2) is 5.13 Å². The number of carbonyl (C=O) groups is 2. The molecule has 1 amide bonds. The minimum Gasteiger partial charge on any atom is -0.478 e. The van der Waals surface area contributed by atoms with Gasteiger partial charge in [0.1, 0.15) is 5.82 Å². The van der Waals surface area contributed by atoms with Crippen LogP contribution in [0.2, 0.25) is 0 Å². The quantitative estimate of drug-likeness (QED) is 0.656. The second-order valence-electron chi connectivity index (χ2n) is 5.19. The van der Waals surface area contributed by atoms with Gasteiger partial charge in [-0.3, -0.25) is 10.1 Å². The smallest absolute Gasteiger partial charge is 0.416 e. The molecule has 2 aromatic carbocycles. The Morgan fingerprint density at radius 1 is 1.08 bits per heavy atom. The Labute approximate surface area is 146 Å². The highest BCUT2D eigenvalue weighted by Gasteiger charge is 2.32. The Morgan fingerprint density at radius 2 is 1.81 bits per heavy atom. The Morgan fingerprint density at radius 3 is 2.46 bits per heavy atom. The molecule has 0 saturated heterocycles. The lowest BCUT2D eigenvalue weighted by molar-refractivity contribution is -0.137. The number of nitrogens with one attached hydrogen (secondary N) is 1. The van der Waals surface area contributed by atoms with Crippen molar-refractivity contribution in [2.24, 2.45) is 0 Å². The molecule has 5 nitrogen and oxygen atoms in total. The lowest BCUT2D eigenvalue weighted by atomic mass is 10.1. The van der Waals surface area contributed by atoms with Crippen molar-refractivity contribution >= 4 is 38.6 Å². The number of thiazole rings is 1. The highest BCUT2D eigenvalue weighted by molar-refractivity contribution is 7.22. The summed E-state index contributed by atoms with van der Waals surface area (Å²) in [6.07, 6.45) is -4.79. The summed E-state index contributed by atoms with van der Waals surface area (Å²) in [5.41, 5.74) is -1.36. The first-order valence-electron chi connectivity index (χ1n) is 6.96. The van der Waals surface area contributed by atoms with E-state index in [9.17, 15) is 27.2 Å². The summed E-state index contributed by atoms with van der Waals surface area (Å²) < 4.78 is 52.0. The Kier molecular flexibility index (Phi) is 4.36. The number of nitrogens with zero attached hydrogens (tertiary/aromatic N) is 1. The number of halogens is 4. The minimum absolute atomic E-state index is 0.0268. The maximum absolute atomic E-state index is 13.4. The molecule has 0 spiro atoms. The number of fused-ring (bicyclic) bond motifs is 1. The largest absolute Gasteiger partial charge is 0.478 e. The number of hydrogen-bond donors (Lipinski definition) is 2. The van der Waals surface area contributed by atoms with Gasteiger partial charge in [-0.2, -0.15) is 13.2 Å².